The molecule has 0 spiro atoms. The molecule has 0 aromatic heterocycles. The van der Waals surface area contributed by atoms with Crippen LogP contribution in [0.1, 0.15) is 58.3 Å². The van der Waals surface area contributed by atoms with Gasteiger partial charge in [0.25, 0.3) is 0 Å². The number of nitrogens with two attached hydrogens (primary N) is 1. The van der Waals surface area contributed by atoms with E-state index in [1.165, 1.54) is 32.1 Å². The van der Waals surface area contributed by atoms with Gasteiger partial charge in [-0.3, -0.25) is 0 Å². The second-order valence-electron chi connectivity index (χ2n) is 3.96. The van der Waals surface area contributed by atoms with Crippen molar-refractivity contribution in [1.82, 2.24) is 0 Å². The van der Waals surface area contributed by atoms with Crippen molar-refractivity contribution in [2.45, 2.75) is 58.3 Å². The van der Waals surface area contributed by atoms with Gasteiger partial charge in [-0.2, -0.15) is 5.26 Å². The van der Waals surface area contributed by atoms with Gasteiger partial charge in [0, 0.05) is 5.92 Å². The van der Waals surface area contributed by atoms with Crippen molar-refractivity contribution in [2.75, 3.05) is 6.54 Å². The normalized spacial score (nSPS) is 12.4. The zero-order valence-electron chi connectivity index (χ0n) is 9.47. The summed E-state index contributed by atoms with van der Waals surface area (Å²) in [6.45, 7) is 2.98. The number of hydrogen-bond donors (Lipinski definition) is 1. The van der Waals surface area contributed by atoms with E-state index in [1.807, 2.05) is 0 Å². The van der Waals surface area contributed by atoms with Gasteiger partial charge in [0.1, 0.15) is 0 Å². The summed E-state index contributed by atoms with van der Waals surface area (Å²) < 4.78 is 0. The molecule has 0 aromatic carbocycles. The Hall–Kier alpha value is -0.550. The van der Waals surface area contributed by atoms with E-state index < -0.39 is 0 Å². The minimum Gasteiger partial charge on any atom is -0.330 e. The molecule has 2 N–H and O–H groups in total. The predicted octanol–water partition coefficient (Wildman–Crippen LogP) is 3.23. The van der Waals surface area contributed by atoms with Gasteiger partial charge < -0.3 is 5.73 Å². The van der Waals surface area contributed by atoms with Crippen molar-refractivity contribution in [3.05, 3.63) is 0 Å². The fourth-order valence-electron chi connectivity index (χ4n) is 1.61. The van der Waals surface area contributed by atoms with Crippen molar-refractivity contribution < 1.29 is 0 Å². The lowest BCUT2D eigenvalue weighted by molar-refractivity contribution is 0.490. The Labute approximate surface area is 88.5 Å². The predicted molar refractivity (Wildman–Crippen MR) is 60.8 cm³/mol. The molecule has 1 unspecified atom stereocenters. The van der Waals surface area contributed by atoms with Gasteiger partial charge in [0.15, 0.2) is 0 Å². The Morgan fingerprint density at radius 1 is 1.07 bits per heavy atom. The highest BCUT2D eigenvalue weighted by molar-refractivity contribution is 4.82. The fraction of sp³-hybridized carbons (Fsp3) is 0.917. The molecule has 0 rings (SSSR count). The quantitative estimate of drug-likeness (QED) is 0.576. The molecule has 0 aliphatic carbocycles. The SMILES string of the molecule is CCCCC(C#N)CCCCCCN. The van der Waals surface area contributed by atoms with Crippen molar-refractivity contribution >= 4 is 0 Å². The minimum atomic E-state index is 0.299. The molecule has 2 nitrogen and oxygen atoms in total. The molecule has 0 aliphatic heterocycles. The van der Waals surface area contributed by atoms with E-state index in [0.717, 1.165) is 25.8 Å². The van der Waals surface area contributed by atoms with Gasteiger partial charge in [-0.25, -0.2) is 0 Å². The van der Waals surface area contributed by atoms with Crippen LogP contribution in [0.25, 0.3) is 0 Å². The average Bonchev–Trinajstić information content (AvgIpc) is 2.22. The molecule has 0 bridgehead atoms. The number of nitriles is 1. The summed E-state index contributed by atoms with van der Waals surface area (Å²) in [7, 11) is 0. The van der Waals surface area contributed by atoms with Crippen LogP contribution in [0, 0.1) is 17.2 Å². The maximum atomic E-state index is 8.89. The molecule has 0 radical (unpaired) electrons. The van der Waals surface area contributed by atoms with Crippen LogP contribution < -0.4 is 5.73 Å². The highest BCUT2D eigenvalue weighted by Gasteiger charge is 2.05. The molecule has 0 aromatic rings. The molecule has 0 saturated heterocycles. The minimum absolute atomic E-state index is 0.299. The second-order valence-corrected chi connectivity index (χ2v) is 3.96. The first-order valence-electron chi connectivity index (χ1n) is 5.94. The van der Waals surface area contributed by atoms with Gasteiger partial charge in [-0.1, -0.05) is 39.0 Å². The summed E-state index contributed by atoms with van der Waals surface area (Å²) in [5, 5.41) is 8.89. The Kier molecular flexibility index (Phi) is 10.1. The van der Waals surface area contributed by atoms with E-state index in [2.05, 4.69) is 13.0 Å². The summed E-state index contributed by atoms with van der Waals surface area (Å²) in [5.74, 6) is 0.299. The molecule has 0 amide bonds. The van der Waals surface area contributed by atoms with Crippen molar-refractivity contribution in [1.29, 1.82) is 5.26 Å². The zero-order chi connectivity index (χ0) is 10.6. The Bertz CT molecular complexity index is 149. The van der Waals surface area contributed by atoms with Crippen molar-refractivity contribution in [2.24, 2.45) is 11.7 Å². The number of rotatable bonds is 9. The third-order valence-corrected chi connectivity index (χ3v) is 2.60. The van der Waals surface area contributed by atoms with Crippen LogP contribution in [0.4, 0.5) is 0 Å². The molecule has 14 heavy (non-hydrogen) atoms. The molecular formula is C12H24N2. The monoisotopic (exact) mass is 196 g/mol. The summed E-state index contributed by atoms with van der Waals surface area (Å²) >= 11 is 0. The highest BCUT2D eigenvalue weighted by Crippen LogP contribution is 2.16. The van der Waals surface area contributed by atoms with Gasteiger partial charge in [0.2, 0.25) is 0 Å². The molecule has 0 fully saturated rings. The summed E-state index contributed by atoms with van der Waals surface area (Å²) in [6, 6.07) is 2.40. The van der Waals surface area contributed by atoms with E-state index in [4.69, 9.17) is 11.0 Å². The first-order valence-corrected chi connectivity index (χ1v) is 5.94. The van der Waals surface area contributed by atoms with E-state index in [0.29, 0.717) is 5.92 Å². The lowest BCUT2D eigenvalue weighted by atomic mass is 9.97. The molecular weight excluding hydrogens is 172 g/mol. The molecule has 0 saturated carbocycles. The smallest absolute Gasteiger partial charge is 0.0655 e. The van der Waals surface area contributed by atoms with Crippen molar-refractivity contribution in [3.8, 4) is 6.07 Å². The van der Waals surface area contributed by atoms with Crippen LogP contribution in [0.3, 0.4) is 0 Å². The lowest BCUT2D eigenvalue weighted by Gasteiger charge is -2.07. The van der Waals surface area contributed by atoms with Crippen LogP contribution in [0.5, 0.6) is 0 Å². The van der Waals surface area contributed by atoms with Crippen LogP contribution in [0.15, 0.2) is 0 Å². The van der Waals surface area contributed by atoms with Crippen LogP contribution in [-0.4, -0.2) is 6.54 Å². The third kappa shape index (κ3) is 8.07. The standard InChI is InChI=1S/C12H24N2/c1-2-3-8-12(11-14)9-6-4-5-7-10-13/h12H,2-10,13H2,1H3. The van der Waals surface area contributed by atoms with E-state index in [9.17, 15) is 0 Å². The molecule has 82 valence electrons. The van der Waals surface area contributed by atoms with E-state index >= 15 is 0 Å². The first-order chi connectivity index (χ1) is 6.85. The summed E-state index contributed by atoms with van der Waals surface area (Å²) in [6.07, 6.45) is 9.36. The summed E-state index contributed by atoms with van der Waals surface area (Å²) in [4.78, 5) is 0. The Morgan fingerprint density at radius 2 is 1.71 bits per heavy atom. The first kappa shape index (κ1) is 13.4. The zero-order valence-corrected chi connectivity index (χ0v) is 9.47. The van der Waals surface area contributed by atoms with Gasteiger partial charge in [-0.15, -0.1) is 0 Å². The largest absolute Gasteiger partial charge is 0.330 e. The van der Waals surface area contributed by atoms with Crippen molar-refractivity contribution in [3.63, 3.8) is 0 Å². The van der Waals surface area contributed by atoms with Crippen LogP contribution in [-0.2, 0) is 0 Å². The fourth-order valence-corrected chi connectivity index (χ4v) is 1.61. The van der Waals surface area contributed by atoms with Gasteiger partial charge >= 0.3 is 0 Å². The summed E-state index contributed by atoms with van der Waals surface area (Å²) in [5.41, 5.74) is 5.41. The molecule has 2 heteroatoms. The number of nitrogens with zero attached hydrogens (tertiary/aromatic N) is 1. The van der Waals surface area contributed by atoms with Crippen LogP contribution >= 0.6 is 0 Å². The maximum Gasteiger partial charge on any atom is 0.0655 e. The number of unbranched alkanes of at least 4 members (excludes halogenated alkanes) is 4. The van der Waals surface area contributed by atoms with E-state index in [1.54, 1.807) is 0 Å². The van der Waals surface area contributed by atoms with E-state index in [-0.39, 0.29) is 0 Å². The molecule has 1 atom stereocenters. The maximum absolute atomic E-state index is 8.89. The third-order valence-electron chi connectivity index (χ3n) is 2.60. The van der Waals surface area contributed by atoms with Crippen LogP contribution in [0.2, 0.25) is 0 Å². The topological polar surface area (TPSA) is 49.8 Å². The Balaban J connectivity index is 3.30. The highest BCUT2D eigenvalue weighted by atomic mass is 14.5. The average molecular weight is 196 g/mol. The second kappa shape index (κ2) is 10.5. The Morgan fingerprint density at radius 3 is 2.29 bits per heavy atom. The lowest BCUT2D eigenvalue weighted by Crippen LogP contribution is -1.99. The van der Waals surface area contributed by atoms with Gasteiger partial charge in [-0.05, 0) is 25.8 Å². The molecule has 0 heterocycles. The number of hydrogen-bond acceptors (Lipinski definition) is 2. The molecule has 0 aliphatic rings. The van der Waals surface area contributed by atoms with Gasteiger partial charge in [0.05, 0.1) is 6.07 Å².